The number of amides is 1. The molecule has 0 spiro atoms. The second-order valence-corrected chi connectivity index (χ2v) is 4.37. The Labute approximate surface area is 110 Å². The molecule has 0 radical (unpaired) electrons. The highest BCUT2D eigenvalue weighted by Gasteiger charge is 2.30. The quantitative estimate of drug-likeness (QED) is 0.833. The standard InChI is InChI=1S/C12H15N3O4/c1-8-5-14-10(6-13-8)12(18)15-2-3-19-7-9(15)4-11(16)17/h5-6,9H,2-4,7H2,1H3,(H,16,17). The summed E-state index contributed by atoms with van der Waals surface area (Å²) in [6.07, 6.45) is 2.79. The maximum Gasteiger partial charge on any atom is 0.305 e. The van der Waals surface area contributed by atoms with Gasteiger partial charge >= 0.3 is 5.97 Å². The first-order valence-electron chi connectivity index (χ1n) is 5.97. The Kier molecular flexibility index (Phi) is 4.06. The largest absolute Gasteiger partial charge is 0.481 e. The predicted molar refractivity (Wildman–Crippen MR) is 64.7 cm³/mol. The summed E-state index contributed by atoms with van der Waals surface area (Å²) in [6, 6.07) is -0.457. The van der Waals surface area contributed by atoms with Crippen molar-refractivity contribution in [3.8, 4) is 0 Å². The summed E-state index contributed by atoms with van der Waals surface area (Å²) >= 11 is 0. The molecule has 1 fully saturated rings. The molecule has 1 amide bonds. The van der Waals surface area contributed by atoms with E-state index in [1.54, 1.807) is 6.92 Å². The topological polar surface area (TPSA) is 92.6 Å². The van der Waals surface area contributed by atoms with Crippen molar-refractivity contribution in [1.29, 1.82) is 0 Å². The molecule has 7 nitrogen and oxygen atoms in total. The number of morpholine rings is 1. The van der Waals surface area contributed by atoms with Crippen LogP contribution in [0, 0.1) is 6.92 Å². The number of carboxylic acids is 1. The van der Waals surface area contributed by atoms with Gasteiger partial charge in [0.15, 0.2) is 0 Å². The maximum absolute atomic E-state index is 12.3. The second-order valence-electron chi connectivity index (χ2n) is 4.37. The normalized spacial score (nSPS) is 19.2. The number of carbonyl (C=O) groups excluding carboxylic acids is 1. The molecule has 1 aromatic rings. The van der Waals surface area contributed by atoms with Gasteiger partial charge in [-0.15, -0.1) is 0 Å². The van der Waals surface area contributed by atoms with Crippen LogP contribution >= 0.6 is 0 Å². The minimum absolute atomic E-state index is 0.134. The fourth-order valence-electron chi connectivity index (χ4n) is 1.94. The van der Waals surface area contributed by atoms with E-state index in [0.29, 0.717) is 13.2 Å². The lowest BCUT2D eigenvalue weighted by Gasteiger charge is -2.34. The van der Waals surface area contributed by atoms with Crippen LogP contribution in [0.1, 0.15) is 22.6 Å². The SMILES string of the molecule is Cc1cnc(C(=O)N2CCOCC2CC(=O)O)cn1. The second kappa shape index (κ2) is 5.75. The van der Waals surface area contributed by atoms with E-state index >= 15 is 0 Å². The van der Waals surface area contributed by atoms with E-state index in [-0.39, 0.29) is 24.6 Å². The molecule has 1 atom stereocenters. The van der Waals surface area contributed by atoms with Crippen molar-refractivity contribution in [3.05, 3.63) is 23.8 Å². The lowest BCUT2D eigenvalue weighted by Crippen LogP contribution is -2.49. The van der Waals surface area contributed by atoms with Crippen molar-refractivity contribution >= 4 is 11.9 Å². The molecule has 0 aliphatic carbocycles. The van der Waals surface area contributed by atoms with E-state index in [1.165, 1.54) is 17.3 Å². The highest BCUT2D eigenvalue weighted by Crippen LogP contribution is 2.14. The van der Waals surface area contributed by atoms with Crippen LogP contribution in [0.2, 0.25) is 0 Å². The van der Waals surface area contributed by atoms with E-state index in [9.17, 15) is 9.59 Å². The summed E-state index contributed by atoms with van der Waals surface area (Å²) in [5.41, 5.74) is 0.948. The summed E-state index contributed by atoms with van der Waals surface area (Å²) in [5.74, 6) is -1.26. The average molecular weight is 265 g/mol. The molecule has 2 rings (SSSR count). The Morgan fingerprint density at radius 1 is 1.47 bits per heavy atom. The molecule has 19 heavy (non-hydrogen) atoms. The fourth-order valence-corrected chi connectivity index (χ4v) is 1.94. The number of ether oxygens (including phenoxy) is 1. The third-order valence-electron chi connectivity index (χ3n) is 2.90. The van der Waals surface area contributed by atoms with E-state index in [4.69, 9.17) is 9.84 Å². The van der Waals surface area contributed by atoms with Crippen LogP contribution in [0.4, 0.5) is 0 Å². The number of nitrogens with zero attached hydrogens (tertiary/aromatic N) is 3. The molecular formula is C12H15N3O4. The van der Waals surface area contributed by atoms with Gasteiger partial charge in [-0.3, -0.25) is 14.6 Å². The Balaban J connectivity index is 2.15. The molecule has 1 aliphatic rings. The summed E-state index contributed by atoms with van der Waals surface area (Å²) in [4.78, 5) is 32.6. The van der Waals surface area contributed by atoms with E-state index in [2.05, 4.69) is 9.97 Å². The summed E-state index contributed by atoms with van der Waals surface area (Å²) in [6.45, 7) is 2.79. The van der Waals surface area contributed by atoms with Crippen LogP contribution in [-0.4, -0.2) is 57.7 Å². The zero-order valence-corrected chi connectivity index (χ0v) is 10.6. The van der Waals surface area contributed by atoms with Crippen LogP contribution < -0.4 is 0 Å². The molecule has 1 aromatic heterocycles. The van der Waals surface area contributed by atoms with Crippen LogP contribution in [0.3, 0.4) is 0 Å². The van der Waals surface area contributed by atoms with E-state index in [0.717, 1.165) is 5.69 Å². The molecule has 1 unspecified atom stereocenters. The van der Waals surface area contributed by atoms with Gasteiger partial charge < -0.3 is 14.7 Å². The molecule has 1 saturated heterocycles. The monoisotopic (exact) mass is 265 g/mol. The average Bonchev–Trinajstić information content (AvgIpc) is 2.39. The minimum Gasteiger partial charge on any atom is -0.481 e. The van der Waals surface area contributed by atoms with Gasteiger partial charge in [-0.2, -0.15) is 0 Å². The number of hydrogen-bond donors (Lipinski definition) is 1. The van der Waals surface area contributed by atoms with Crippen LogP contribution in [0.5, 0.6) is 0 Å². The van der Waals surface area contributed by atoms with Crippen LogP contribution in [0.15, 0.2) is 12.4 Å². The molecule has 7 heteroatoms. The zero-order chi connectivity index (χ0) is 13.8. The zero-order valence-electron chi connectivity index (χ0n) is 10.6. The van der Waals surface area contributed by atoms with E-state index < -0.39 is 12.0 Å². The Morgan fingerprint density at radius 3 is 2.89 bits per heavy atom. The summed E-state index contributed by atoms with van der Waals surface area (Å²) in [5, 5.41) is 8.85. The van der Waals surface area contributed by atoms with Crippen molar-refractivity contribution in [1.82, 2.24) is 14.9 Å². The van der Waals surface area contributed by atoms with Crippen molar-refractivity contribution in [2.75, 3.05) is 19.8 Å². The molecule has 1 aliphatic heterocycles. The number of hydrogen-bond acceptors (Lipinski definition) is 5. The number of rotatable bonds is 3. The Bertz CT molecular complexity index is 474. The van der Waals surface area contributed by atoms with Crippen molar-refractivity contribution in [2.24, 2.45) is 0 Å². The summed E-state index contributed by atoms with van der Waals surface area (Å²) < 4.78 is 5.23. The van der Waals surface area contributed by atoms with Gasteiger partial charge in [-0.25, -0.2) is 4.98 Å². The molecule has 0 saturated carbocycles. The van der Waals surface area contributed by atoms with Gasteiger partial charge in [0.2, 0.25) is 0 Å². The van der Waals surface area contributed by atoms with Gasteiger partial charge in [0.25, 0.3) is 5.91 Å². The van der Waals surface area contributed by atoms with Crippen molar-refractivity contribution in [3.63, 3.8) is 0 Å². The van der Waals surface area contributed by atoms with Gasteiger partial charge in [0.1, 0.15) is 5.69 Å². The smallest absolute Gasteiger partial charge is 0.305 e. The lowest BCUT2D eigenvalue weighted by molar-refractivity contribution is -0.139. The number of aromatic nitrogens is 2. The Morgan fingerprint density at radius 2 is 2.26 bits per heavy atom. The minimum atomic E-state index is -0.955. The van der Waals surface area contributed by atoms with Crippen molar-refractivity contribution < 1.29 is 19.4 Å². The molecule has 1 N–H and O–H groups in total. The predicted octanol–water partition coefficient (Wildman–Crippen LogP) is 0.101. The third-order valence-corrected chi connectivity index (χ3v) is 2.90. The van der Waals surface area contributed by atoms with Gasteiger partial charge in [-0.05, 0) is 6.92 Å². The highest BCUT2D eigenvalue weighted by molar-refractivity contribution is 5.92. The first kappa shape index (κ1) is 13.4. The number of aliphatic carboxylic acids is 1. The van der Waals surface area contributed by atoms with Gasteiger partial charge in [-0.1, -0.05) is 0 Å². The van der Waals surface area contributed by atoms with Crippen molar-refractivity contribution in [2.45, 2.75) is 19.4 Å². The Hall–Kier alpha value is -2.02. The molecule has 2 heterocycles. The van der Waals surface area contributed by atoms with E-state index in [1.807, 2.05) is 0 Å². The van der Waals surface area contributed by atoms with Gasteiger partial charge in [0.05, 0.1) is 37.6 Å². The highest BCUT2D eigenvalue weighted by atomic mass is 16.5. The number of aryl methyl sites for hydroxylation is 1. The lowest BCUT2D eigenvalue weighted by atomic mass is 10.1. The molecule has 0 bridgehead atoms. The maximum atomic E-state index is 12.3. The van der Waals surface area contributed by atoms with Crippen LogP contribution in [-0.2, 0) is 9.53 Å². The molecule has 102 valence electrons. The molecular weight excluding hydrogens is 250 g/mol. The van der Waals surface area contributed by atoms with Gasteiger partial charge in [0, 0.05) is 12.7 Å². The first-order chi connectivity index (χ1) is 9.08. The first-order valence-corrected chi connectivity index (χ1v) is 5.97. The molecule has 0 aromatic carbocycles. The fraction of sp³-hybridized carbons (Fsp3) is 0.500. The number of carbonyl (C=O) groups is 2. The van der Waals surface area contributed by atoms with Crippen LogP contribution in [0.25, 0.3) is 0 Å². The third kappa shape index (κ3) is 3.25. The number of carboxylic acid groups (broad SMARTS) is 1. The summed E-state index contributed by atoms with van der Waals surface area (Å²) in [7, 11) is 0.